The van der Waals surface area contributed by atoms with Gasteiger partial charge in [0.2, 0.25) is 0 Å². The van der Waals surface area contributed by atoms with Crippen molar-refractivity contribution < 1.29 is 4.74 Å². The average molecular weight is 311 g/mol. The van der Waals surface area contributed by atoms with Crippen LogP contribution < -0.4 is 10.2 Å². The summed E-state index contributed by atoms with van der Waals surface area (Å²) in [5.74, 6) is 0.758. The Bertz CT molecular complexity index is 447. The first-order chi connectivity index (χ1) is 10.0. The maximum Gasteiger partial charge on any atom is 0.186 e. The van der Waals surface area contributed by atoms with Gasteiger partial charge in [-0.3, -0.25) is 0 Å². The van der Waals surface area contributed by atoms with Gasteiger partial charge in [0.25, 0.3) is 0 Å². The van der Waals surface area contributed by atoms with E-state index in [2.05, 4.69) is 37.9 Å². The Balaban J connectivity index is 2.17. The molecule has 2 unspecified atom stereocenters. The molecule has 1 aliphatic heterocycles. The first-order valence-corrected chi connectivity index (χ1v) is 8.80. The second-order valence-corrected chi connectivity index (χ2v) is 7.58. The highest BCUT2D eigenvalue weighted by atomic mass is 32.1. The number of ether oxygens (including phenoxy) is 1. The molecule has 0 aliphatic carbocycles. The maximum absolute atomic E-state index is 5.32. The van der Waals surface area contributed by atoms with Gasteiger partial charge in [-0.05, 0) is 25.7 Å². The molecule has 0 radical (unpaired) electrons. The van der Waals surface area contributed by atoms with Crippen LogP contribution in [-0.2, 0) is 17.9 Å². The zero-order valence-electron chi connectivity index (χ0n) is 14.0. The predicted octanol–water partition coefficient (Wildman–Crippen LogP) is 3.41. The third-order valence-electron chi connectivity index (χ3n) is 4.08. The van der Waals surface area contributed by atoms with Crippen molar-refractivity contribution in [2.45, 2.75) is 65.8 Å². The van der Waals surface area contributed by atoms with Crippen LogP contribution in [0.1, 0.15) is 51.1 Å². The van der Waals surface area contributed by atoms with E-state index in [9.17, 15) is 0 Å². The summed E-state index contributed by atoms with van der Waals surface area (Å²) in [6.45, 7) is 11.6. The lowest BCUT2D eigenvalue weighted by atomic mass is 9.96. The molecule has 1 aromatic heterocycles. The molecular weight excluding hydrogens is 282 g/mol. The molecule has 0 saturated carbocycles. The molecule has 4 nitrogen and oxygen atoms in total. The fourth-order valence-electron chi connectivity index (χ4n) is 2.73. The van der Waals surface area contributed by atoms with E-state index < -0.39 is 0 Å². The van der Waals surface area contributed by atoms with Crippen LogP contribution in [0, 0.1) is 5.92 Å². The minimum absolute atomic E-state index is 0.486. The number of nitrogens with one attached hydrogen (secondary N) is 1. The zero-order valence-corrected chi connectivity index (χ0v) is 14.8. The second-order valence-electron chi connectivity index (χ2n) is 6.52. The second kappa shape index (κ2) is 7.56. The first-order valence-electron chi connectivity index (χ1n) is 7.98. The van der Waals surface area contributed by atoms with Crippen LogP contribution in [0.5, 0.6) is 0 Å². The Morgan fingerprint density at radius 3 is 2.81 bits per heavy atom. The van der Waals surface area contributed by atoms with E-state index in [1.165, 1.54) is 22.9 Å². The number of rotatable bonds is 6. The van der Waals surface area contributed by atoms with Crippen LogP contribution in [0.4, 0.5) is 5.13 Å². The largest absolute Gasteiger partial charge is 0.378 e. The fourth-order valence-corrected chi connectivity index (χ4v) is 3.86. The van der Waals surface area contributed by atoms with E-state index in [1.807, 2.05) is 11.3 Å². The number of hydrogen-bond donors (Lipinski definition) is 1. The van der Waals surface area contributed by atoms with E-state index >= 15 is 0 Å². The summed E-state index contributed by atoms with van der Waals surface area (Å²) in [5.41, 5.74) is 1.09. The van der Waals surface area contributed by atoms with Gasteiger partial charge in [-0.15, -0.1) is 11.3 Å². The highest BCUT2D eigenvalue weighted by Crippen LogP contribution is 2.33. The zero-order chi connectivity index (χ0) is 15.4. The van der Waals surface area contributed by atoms with Crippen molar-refractivity contribution in [2.75, 3.05) is 18.6 Å². The van der Waals surface area contributed by atoms with Crippen LogP contribution in [0.25, 0.3) is 0 Å². The van der Waals surface area contributed by atoms with Crippen LogP contribution in [0.15, 0.2) is 0 Å². The molecule has 0 amide bonds. The van der Waals surface area contributed by atoms with E-state index in [0.29, 0.717) is 18.7 Å². The van der Waals surface area contributed by atoms with Crippen molar-refractivity contribution in [3.63, 3.8) is 0 Å². The minimum atomic E-state index is 0.486. The molecule has 5 heteroatoms. The molecule has 2 rings (SSSR count). The van der Waals surface area contributed by atoms with Gasteiger partial charge in [-0.2, -0.15) is 0 Å². The number of methoxy groups -OCH3 is 1. The summed E-state index contributed by atoms with van der Waals surface area (Å²) in [7, 11) is 1.74. The lowest BCUT2D eigenvalue weighted by molar-refractivity contribution is 0.181. The summed E-state index contributed by atoms with van der Waals surface area (Å²) < 4.78 is 5.32. The highest BCUT2D eigenvalue weighted by Gasteiger charge is 2.26. The molecule has 2 heterocycles. The number of aromatic nitrogens is 1. The van der Waals surface area contributed by atoms with E-state index in [-0.39, 0.29) is 0 Å². The van der Waals surface area contributed by atoms with Crippen LogP contribution in [0.3, 0.4) is 0 Å². The van der Waals surface area contributed by atoms with Gasteiger partial charge in [0.1, 0.15) is 0 Å². The van der Waals surface area contributed by atoms with Crippen molar-refractivity contribution >= 4 is 16.5 Å². The van der Waals surface area contributed by atoms with Crippen molar-refractivity contribution in [1.29, 1.82) is 0 Å². The van der Waals surface area contributed by atoms with Crippen molar-refractivity contribution in [2.24, 2.45) is 5.92 Å². The normalized spacial score (nSPS) is 23.0. The van der Waals surface area contributed by atoms with E-state index in [1.54, 1.807) is 7.11 Å². The summed E-state index contributed by atoms with van der Waals surface area (Å²) in [6.07, 6.45) is 2.59. The molecule has 2 atom stereocenters. The Labute approximate surface area is 132 Å². The Morgan fingerprint density at radius 1 is 1.38 bits per heavy atom. The summed E-state index contributed by atoms with van der Waals surface area (Å²) in [4.78, 5) is 8.66. The molecule has 1 saturated heterocycles. The van der Waals surface area contributed by atoms with Crippen LogP contribution in [0.2, 0.25) is 0 Å². The van der Waals surface area contributed by atoms with Gasteiger partial charge in [0, 0.05) is 37.2 Å². The van der Waals surface area contributed by atoms with E-state index in [4.69, 9.17) is 9.72 Å². The highest BCUT2D eigenvalue weighted by molar-refractivity contribution is 7.15. The lowest BCUT2D eigenvalue weighted by Gasteiger charge is -2.36. The van der Waals surface area contributed by atoms with Gasteiger partial charge >= 0.3 is 0 Å². The summed E-state index contributed by atoms with van der Waals surface area (Å²) >= 11 is 1.83. The minimum Gasteiger partial charge on any atom is -0.378 e. The lowest BCUT2D eigenvalue weighted by Crippen LogP contribution is -2.41. The van der Waals surface area contributed by atoms with Gasteiger partial charge in [0.15, 0.2) is 5.13 Å². The number of anilines is 1. The fraction of sp³-hybridized carbons (Fsp3) is 0.812. The Kier molecular flexibility index (Phi) is 6.02. The average Bonchev–Trinajstić information content (AvgIpc) is 2.83. The third kappa shape index (κ3) is 4.41. The number of hydrogen-bond acceptors (Lipinski definition) is 5. The van der Waals surface area contributed by atoms with Crippen LogP contribution in [-0.4, -0.2) is 30.7 Å². The molecule has 21 heavy (non-hydrogen) atoms. The van der Waals surface area contributed by atoms with Crippen molar-refractivity contribution in [1.82, 2.24) is 10.3 Å². The number of thiazole rings is 1. The SMILES string of the molecule is COCc1nc(N2CC(C)CCC2C)sc1CNC(C)C. The molecule has 1 aromatic rings. The number of nitrogens with zero attached hydrogens (tertiary/aromatic N) is 2. The van der Waals surface area contributed by atoms with Crippen molar-refractivity contribution in [3.05, 3.63) is 10.6 Å². The van der Waals surface area contributed by atoms with Crippen molar-refractivity contribution in [3.8, 4) is 0 Å². The Morgan fingerprint density at radius 2 is 2.14 bits per heavy atom. The molecule has 1 fully saturated rings. The van der Waals surface area contributed by atoms with E-state index in [0.717, 1.165) is 24.7 Å². The molecule has 0 bridgehead atoms. The van der Waals surface area contributed by atoms with Gasteiger partial charge in [-0.25, -0.2) is 4.98 Å². The molecule has 1 N–H and O–H groups in total. The molecule has 0 spiro atoms. The topological polar surface area (TPSA) is 37.4 Å². The molecular formula is C16H29N3OS. The molecule has 0 aromatic carbocycles. The quantitative estimate of drug-likeness (QED) is 0.873. The molecule has 1 aliphatic rings. The maximum atomic E-state index is 5.32. The molecule has 120 valence electrons. The van der Waals surface area contributed by atoms with Gasteiger partial charge in [0.05, 0.1) is 12.3 Å². The summed E-state index contributed by atoms with van der Waals surface area (Å²) in [5, 5.41) is 4.66. The standard InChI is InChI=1S/C16H29N3OS/c1-11(2)17-8-15-14(10-20-5)18-16(21-15)19-9-12(3)6-7-13(19)4/h11-13,17H,6-10H2,1-5H3. The van der Waals surface area contributed by atoms with Crippen LogP contribution >= 0.6 is 11.3 Å². The predicted molar refractivity (Wildman–Crippen MR) is 90.0 cm³/mol. The number of piperidine rings is 1. The summed E-state index contributed by atoms with van der Waals surface area (Å²) in [6, 6.07) is 1.08. The van der Waals surface area contributed by atoms with Gasteiger partial charge in [-0.1, -0.05) is 20.8 Å². The van der Waals surface area contributed by atoms with Gasteiger partial charge < -0.3 is 15.0 Å². The Hall–Kier alpha value is -0.650. The monoisotopic (exact) mass is 311 g/mol. The smallest absolute Gasteiger partial charge is 0.186 e. The first kappa shape index (κ1) is 16.7. The third-order valence-corrected chi connectivity index (χ3v) is 5.22.